The molecule has 0 radical (unpaired) electrons. The third kappa shape index (κ3) is 24.9. The second-order valence-corrected chi connectivity index (χ2v) is 22.7. The van der Waals surface area contributed by atoms with Gasteiger partial charge in [-0.15, -0.1) is 0 Å². The normalized spacial score (nSPS) is 12.6. The molecule has 0 heterocycles. The Bertz CT molecular complexity index is 1630. The minimum Gasteiger partial charge on any atom is -0.466 e. The minimum absolute atomic E-state index is 0.128. The van der Waals surface area contributed by atoms with E-state index in [4.69, 9.17) is 9.47 Å². The van der Waals surface area contributed by atoms with Crippen molar-refractivity contribution in [3.63, 3.8) is 0 Å². The summed E-state index contributed by atoms with van der Waals surface area (Å²) >= 11 is 0. The minimum atomic E-state index is -0.293. The molecule has 1 aliphatic rings. The molecule has 2 aromatic rings. The summed E-state index contributed by atoms with van der Waals surface area (Å²) in [6, 6.07) is 11.4. The summed E-state index contributed by atoms with van der Waals surface area (Å²) in [6.07, 6.45) is 45.9. The first-order valence-electron chi connectivity index (χ1n) is 29.6. The average Bonchev–Trinajstić information content (AvgIpc) is 3.34. The van der Waals surface area contributed by atoms with Crippen LogP contribution in [0.4, 0.5) is 0 Å². The number of hydrogen-bond donors (Lipinski definition) is 0. The van der Waals surface area contributed by atoms with Crippen molar-refractivity contribution >= 4 is 23.5 Å². The SMILES string of the molecule is CCCCCCCCCCCCCCCCCCOC(=O)CCCC(C)(C)c1ccc2c(c1)C(=O)c1ccc(C(C)(C)CCCC(=O)OCCCCCCCCCCCCCCCCCC)cc1C2=O. The van der Waals surface area contributed by atoms with E-state index in [0.717, 1.165) is 49.7 Å². The van der Waals surface area contributed by atoms with Gasteiger partial charge in [-0.2, -0.15) is 0 Å². The molecule has 0 saturated carbocycles. The van der Waals surface area contributed by atoms with Crippen molar-refractivity contribution in [1.29, 1.82) is 0 Å². The van der Waals surface area contributed by atoms with Crippen molar-refractivity contribution in [2.24, 2.45) is 0 Å². The number of rotatable bonds is 44. The highest BCUT2D eigenvalue weighted by Gasteiger charge is 2.33. The number of ketones is 2. The molecule has 0 fully saturated rings. The van der Waals surface area contributed by atoms with E-state index < -0.39 is 0 Å². The van der Waals surface area contributed by atoms with Crippen LogP contribution < -0.4 is 0 Å². The van der Waals surface area contributed by atoms with Gasteiger partial charge in [0, 0.05) is 35.1 Å². The smallest absolute Gasteiger partial charge is 0.305 e. The summed E-state index contributed by atoms with van der Waals surface area (Å²) in [4.78, 5) is 53.0. The van der Waals surface area contributed by atoms with E-state index in [1.807, 2.05) is 36.4 Å². The number of ether oxygens (including phenoxy) is 2. The van der Waals surface area contributed by atoms with Crippen molar-refractivity contribution < 1.29 is 28.7 Å². The van der Waals surface area contributed by atoms with Gasteiger partial charge in [-0.3, -0.25) is 19.2 Å². The zero-order valence-electron chi connectivity index (χ0n) is 46.2. The van der Waals surface area contributed by atoms with E-state index in [1.54, 1.807) is 0 Å². The highest BCUT2D eigenvalue weighted by atomic mass is 16.5. The van der Waals surface area contributed by atoms with Gasteiger partial charge < -0.3 is 9.47 Å². The molecule has 0 aromatic heterocycles. The monoisotopic (exact) mass is 969 g/mol. The average molecular weight is 970 g/mol. The Labute approximate surface area is 429 Å². The summed E-state index contributed by atoms with van der Waals surface area (Å²) in [5.74, 6) is -0.534. The number of carbonyl (C=O) groups is 4. The van der Waals surface area contributed by atoms with Crippen molar-refractivity contribution in [3.8, 4) is 0 Å². The van der Waals surface area contributed by atoms with Gasteiger partial charge in [0.15, 0.2) is 11.6 Å². The van der Waals surface area contributed by atoms with Gasteiger partial charge >= 0.3 is 11.9 Å². The lowest BCUT2D eigenvalue weighted by Crippen LogP contribution is -2.25. The fraction of sp³-hybridized carbons (Fsp3) is 0.750. The van der Waals surface area contributed by atoms with Crippen LogP contribution in [0.25, 0.3) is 0 Å². The number of carbonyl (C=O) groups excluding carboxylic acids is 4. The van der Waals surface area contributed by atoms with Gasteiger partial charge in [0.2, 0.25) is 0 Å². The molecular weight excluding hydrogens is 865 g/mol. The topological polar surface area (TPSA) is 86.7 Å². The molecule has 70 heavy (non-hydrogen) atoms. The lowest BCUT2D eigenvalue weighted by molar-refractivity contribution is -0.144. The first-order chi connectivity index (χ1) is 33.9. The maximum Gasteiger partial charge on any atom is 0.305 e. The lowest BCUT2D eigenvalue weighted by atomic mass is 9.74. The molecule has 6 nitrogen and oxygen atoms in total. The number of benzene rings is 2. The van der Waals surface area contributed by atoms with Crippen LogP contribution in [0.15, 0.2) is 36.4 Å². The summed E-state index contributed by atoms with van der Waals surface area (Å²) in [5, 5.41) is 0. The number of unbranched alkanes of at least 4 members (excludes halogenated alkanes) is 30. The molecule has 0 atom stereocenters. The Kier molecular flexibility index (Phi) is 31.9. The predicted molar refractivity (Wildman–Crippen MR) is 295 cm³/mol. The van der Waals surface area contributed by atoms with E-state index in [0.29, 0.717) is 61.2 Å². The van der Waals surface area contributed by atoms with E-state index in [9.17, 15) is 19.2 Å². The summed E-state index contributed by atoms with van der Waals surface area (Å²) in [6.45, 7) is 14.1. The Balaban J connectivity index is 1.27. The second kappa shape index (κ2) is 36.6. The molecule has 6 heteroatoms. The Morgan fingerprint density at radius 1 is 0.357 bits per heavy atom. The Morgan fingerprint density at radius 3 is 0.886 bits per heavy atom. The van der Waals surface area contributed by atoms with Gasteiger partial charge in [0.05, 0.1) is 13.2 Å². The predicted octanol–water partition coefficient (Wildman–Crippen LogP) is 19.0. The molecule has 0 aliphatic heterocycles. The molecule has 3 rings (SSSR count). The van der Waals surface area contributed by atoms with Crippen molar-refractivity contribution in [1.82, 2.24) is 0 Å². The van der Waals surface area contributed by atoms with Crippen LogP contribution in [-0.2, 0) is 29.9 Å². The van der Waals surface area contributed by atoms with Gasteiger partial charge in [-0.25, -0.2) is 0 Å². The molecule has 0 bridgehead atoms. The van der Waals surface area contributed by atoms with Crippen molar-refractivity contribution in [3.05, 3.63) is 69.8 Å². The molecule has 0 unspecified atom stereocenters. The fourth-order valence-electron chi connectivity index (χ4n) is 10.4. The van der Waals surface area contributed by atoms with E-state index >= 15 is 0 Å². The Morgan fingerprint density at radius 2 is 0.614 bits per heavy atom. The van der Waals surface area contributed by atoms with E-state index in [1.165, 1.54) is 180 Å². The number of hydrogen-bond acceptors (Lipinski definition) is 6. The molecule has 0 spiro atoms. The molecule has 396 valence electrons. The first-order valence-corrected chi connectivity index (χ1v) is 29.6. The van der Waals surface area contributed by atoms with Crippen molar-refractivity contribution in [2.45, 2.75) is 296 Å². The molecule has 0 amide bonds. The quantitative estimate of drug-likeness (QED) is 0.0414. The number of fused-ring (bicyclic) bond motifs is 2. The van der Waals surface area contributed by atoms with Crippen LogP contribution in [0.1, 0.15) is 329 Å². The molecule has 0 N–H and O–H groups in total. The van der Waals surface area contributed by atoms with E-state index in [2.05, 4.69) is 41.5 Å². The highest BCUT2D eigenvalue weighted by Crippen LogP contribution is 2.37. The maximum atomic E-state index is 13.9. The fourth-order valence-corrected chi connectivity index (χ4v) is 10.4. The molecule has 0 saturated heterocycles. The van der Waals surface area contributed by atoms with Crippen LogP contribution >= 0.6 is 0 Å². The second-order valence-electron chi connectivity index (χ2n) is 22.7. The lowest BCUT2D eigenvalue weighted by Gasteiger charge is -2.29. The largest absolute Gasteiger partial charge is 0.466 e. The zero-order chi connectivity index (χ0) is 50.7. The van der Waals surface area contributed by atoms with Gasteiger partial charge in [0.25, 0.3) is 0 Å². The molecule has 2 aromatic carbocycles. The summed E-state index contributed by atoms with van der Waals surface area (Å²) in [5.41, 5.74) is 3.17. The maximum absolute atomic E-state index is 13.9. The third-order valence-corrected chi connectivity index (χ3v) is 15.5. The highest BCUT2D eigenvalue weighted by molar-refractivity contribution is 6.28. The summed E-state index contributed by atoms with van der Waals surface area (Å²) < 4.78 is 11.2. The Hall–Kier alpha value is -3.28. The molecule has 1 aliphatic carbocycles. The van der Waals surface area contributed by atoms with Crippen LogP contribution in [0.2, 0.25) is 0 Å². The standard InChI is InChI=1S/C64H104O6/c1-7-9-11-13-15-17-19-21-23-25-27-29-31-33-35-37-49-69-59(65)41-39-47-63(3,4)53-43-45-55-57(51-53)61(67)56-46-44-54(52-58(56)62(55)68)64(5,6)48-40-42-60(66)70-50-38-36-34-32-30-28-26-24-22-20-18-16-14-12-10-8-2/h43-46,51-52H,7-42,47-50H2,1-6H3. The zero-order valence-corrected chi connectivity index (χ0v) is 46.2. The van der Waals surface area contributed by atoms with Gasteiger partial charge in [0.1, 0.15) is 0 Å². The van der Waals surface area contributed by atoms with Gasteiger partial charge in [-0.05, 0) is 84.7 Å². The van der Waals surface area contributed by atoms with E-state index in [-0.39, 0.29) is 34.3 Å². The third-order valence-electron chi connectivity index (χ3n) is 15.5. The van der Waals surface area contributed by atoms with Gasteiger partial charge in [-0.1, -0.05) is 246 Å². The number of esters is 2. The van der Waals surface area contributed by atoms with Crippen molar-refractivity contribution in [2.75, 3.05) is 13.2 Å². The van der Waals surface area contributed by atoms with Crippen LogP contribution in [-0.4, -0.2) is 36.7 Å². The first kappa shape index (κ1) is 61.0. The van der Waals surface area contributed by atoms with Crippen LogP contribution in [0, 0.1) is 0 Å². The summed E-state index contributed by atoms with van der Waals surface area (Å²) in [7, 11) is 0. The molecular formula is C64H104O6. The van der Waals surface area contributed by atoms with Crippen LogP contribution in [0.5, 0.6) is 0 Å². The van der Waals surface area contributed by atoms with Crippen LogP contribution in [0.3, 0.4) is 0 Å².